The lowest BCUT2D eigenvalue weighted by Gasteiger charge is -2.34. The normalized spacial score (nSPS) is 20.9. The van der Waals surface area contributed by atoms with Crippen molar-refractivity contribution in [3.63, 3.8) is 0 Å². The summed E-state index contributed by atoms with van der Waals surface area (Å²) in [6, 6.07) is 8.16. The van der Waals surface area contributed by atoms with Crippen molar-refractivity contribution < 1.29 is 14.3 Å². The molecule has 1 amide bonds. The quantitative estimate of drug-likeness (QED) is 0.732. The maximum atomic E-state index is 12.7. The summed E-state index contributed by atoms with van der Waals surface area (Å²) in [6.07, 6.45) is 3.56. The van der Waals surface area contributed by atoms with E-state index < -0.39 is 0 Å². The number of rotatable bonds is 5. The number of aromatic nitrogens is 3. The number of benzene rings is 1. The van der Waals surface area contributed by atoms with E-state index in [4.69, 9.17) is 9.47 Å². The van der Waals surface area contributed by atoms with E-state index in [9.17, 15) is 4.79 Å². The maximum Gasteiger partial charge on any atom is 0.233 e. The van der Waals surface area contributed by atoms with E-state index in [1.165, 1.54) is 17.3 Å². The smallest absolute Gasteiger partial charge is 0.233 e. The van der Waals surface area contributed by atoms with Gasteiger partial charge in [-0.15, -0.1) is 10.2 Å². The van der Waals surface area contributed by atoms with E-state index in [1.54, 1.807) is 6.33 Å². The molecule has 2 aliphatic rings. The first-order valence-corrected chi connectivity index (χ1v) is 10.3. The summed E-state index contributed by atoms with van der Waals surface area (Å²) < 4.78 is 13.2. The Morgan fingerprint density at radius 3 is 2.81 bits per heavy atom. The molecule has 2 aliphatic heterocycles. The first-order chi connectivity index (χ1) is 13.2. The number of hydrogen-bond acceptors (Lipinski definition) is 6. The van der Waals surface area contributed by atoms with E-state index in [1.807, 2.05) is 21.6 Å². The summed E-state index contributed by atoms with van der Waals surface area (Å²) in [4.78, 5) is 14.6. The topological polar surface area (TPSA) is 69.5 Å². The number of thioether (sulfide) groups is 1. The van der Waals surface area contributed by atoms with Crippen molar-refractivity contribution >= 4 is 17.7 Å². The molecule has 4 rings (SSSR count). The lowest BCUT2D eigenvalue weighted by atomic mass is 9.97. The second-order valence-electron chi connectivity index (χ2n) is 6.96. The Balaban J connectivity index is 1.35. The van der Waals surface area contributed by atoms with Gasteiger partial charge in [-0.2, -0.15) is 0 Å². The lowest BCUT2D eigenvalue weighted by molar-refractivity contribution is -0.136. The predicted octanol–water partition coefficient (Wildman–Crippen LogP) is 2.28. The predicted molar refractivity (Wildman–Crippen MR) is 102 cm³/mol. The van der Waals surface area contributed by atoms with Crippen LogP contribution in [0.5, 0.6) is 0 Å². The first-order valence-electron chi connectivity index (χ1n) is 9.31. The molecule has 2 fully saturated rings. The maximum absolute atomic E-state index is 12.7. The van der Waals surface area contributed by atoms with Gasteiger partial charge in [0.05, 0.1) is 19.0 Å². The molecule has 1 aromatic heterocycles. The van der Waals surface area contributed by atoms with E-state index >= 15 is 0 Å². The molecule has 144 valence electrons. The number of likely N-dealkylation sites (tertiary alicyclic amines) is 1. The summed E-state index contributed by atoms with van der Waals surface area (Å²) >= 11 is 1.42. The van der Waals surface area contributed by atoms with Crippen LogP contribution in [0.1, 0.15) is 18.4 Å². The number of nitrogens with zero attached hydrogens (tertiary/aromatic N) is 4. The molecule has 0 saturated carbocycles. The van der Waals surface area contributed by atoms with Gasteiger partial charge >= 0.3 is 0 Å². The highest BCUT2D eigenvalue weighted by Crippen LogP contribution is 2.26. The van der Waals surface area contributed by atoms with Crippen LogP contribution in [0.4, 0.5) is 0 Å². The van der Waals surface area contributed by atoms with Gasteiger partial charge in [0.25, 0.3) is 0 Å². The van der Waals surface area contributed by atoms with Crippen molar-refractivity contribution in [1.82, 2.24) is 19.7 Å². The van der Waals surface area contributed by atoms with E-state index in [-0.39, 0.29) is 18.1 Å². The average molecular weight is 388 g/mol. The molecule has 1 unspecified atom stereocenters. The molecular weight excluding hydrogens is 364 g/mol. The molecule has 3 heterocycles. The van der Waals surface area contributed by atoms with E-state index in [2.05, 4.69) is 29.3 Å². The van der Waals surface area contributed by atoms with Crippen molar-refractivity contribution in [2.45, 2.75) is 31.2 Å². The van der Waals surface area contributed by atoms with Crippen LogP contribution < -0.4 is 0 Å². The molecule has 0 bridgehead atoms. The van der Waals surface area contributed by atoms with Gasteiger partial charge in [0.2, 0.25) is 5.91 Å². The summed E-state index contributed by atoms with van der Waals surface area (Å²) in [5.74, 6) is 0.747. The van der Waals surface area contributed by atoms with Crippen molar-refractivity contribution in [2.24, 2.45) is 5.92 Å². The first kappa shape index (κ1) is 18.5. The Labute approximate surface area is 163 Å². The lowest BCUT2D eigenvalue weighted by Crippen LogP contribution is -2.44. The van der Waals surface area contributed by atoms with Gasteiger partial charge in [0.1, 0.15) is 6.33 Å². The standard InChI is InChI=1S/C19H24N4O3S/c1-14-4-6-16(7-5-14)23-13-20-21-19(23)27-12-17(24)22-8-2-3-15(11-22)18-25-9-10-26-18/h4-7,13,15,18H,2-3,8-12H2,1H3. The molecule has 2 aromatic rings. The zero-order valence-electron chi connectivity index (χ0n) is 15.4. The van der Waals surface area contributed by atoms with Gasteiger partial charge in [-0.25, -0.2) is 0 Å². The third-order valence-corrected chi connectivity index (χ3v) is 5.92. The molecule has 1 atom stereocenters. The fraction of sp³-hybridized carbons (Fsp3) is 0.526. The van der Waals surface area contributed by atoms with Gasteiger partial charge in [-0.1, -0.05) is 29.5 Å². The fourth-order valence-corrected chi connectivity index (χ4v) is 4.36. The van der Waals surface area contributed by atoms with Crippen molar-refractivity contribution in [2.75, 3.05) is 32.1 Å². The zero-order chi connectivity index (χ0) is 18.6. The summed E-state index contributed by atoms with van der Waals surface area (Å²) in [6.45, 7) is 4.86. The van der Waals surface area contributed by atoms with Crippen LogP contribution in [0.3, 0.4) is 0 Å². The molecule has 0 spiro atoms. The minimum Gasteiger partial charge on any atom is -0.350 e. The Hall–Kier alpha value is -1.90. The van der Waals surface area contributed by atoms with Crippen LogP contribution in [0.2, 0.25) is 0 Å². The van der Waals surface area contributed by atoms with E-state index in [0.717, 1.165) is 30.2 Å². The Kier molecular flexibility index (Phi) is 5.75. The largest absolute Gasteiger partial charge is 0.350 e. The minimum atomic E-state index is -0.155. The Morgan fingerprint density at radius 1 is 1.26 bits per heavy atom. The number of aryl methyl sites for hydroxylation is 1. The highest BCUT2D eigenvalue weighted by molar-refractivity contribution is 7.99. The number of ether oxygens (including phenoxy) is 2. The number of piperidine rings is 1. The van der Waals surface area contributed by atoms with Crippen molar-refractivity contribution in [3.05, 3.63) is 36.2 Å². The molecule has 0 aliphatic carbocycles. The molecule has 0 N–H and O–H groups in total. The second kappa shape index (κ2) is 8.41. The summed E-state index contributed by atoms with van der Waals surface area (Å²) in [5, 5.41) is 8.91. The SMILES string of the molecule is Cc1ccc(-n2cnnc2SCC(=O)N2CCCC(C3OCCO3)C2)cc1. The Morgan fingerprint density at radius 2 is 2.04 bits per heavy atom. The number of amides is 1. The number of hydrogen-bond donors (Lipinski definition) is 0. The number of carbonyl (C=O) groups is 1. The molecule has 2 saturated heterocycles. The van der Waals surface area contributed by atoms with Crippen LogP contribution in [-0.2, 0) is 14.3 Å². The third kappa shape index (κ3) is 4.34. The van der Waals surface area contributed by atoms with Crippen LogP contribution in [0.15, 0.2) is 35.7 Å². The van der Waals surface area contributed by atoms with Gasteiger partial charge < -0.3 is 14.4 Å². The number of carbonyl (C=O) groups excluding carboxylic acids is 1. The molecule has 1 aromatic carbocycles. The van der Waals surface area contributed by atoms with Crippen LogP contribution in [0.25, 0.3) is 5.69 Å². The van der Waals surface area contributed by atoms with Crippen LogP contribution in [-0.4, -0.2) is 63.9 Å². The van der Waals surface area contributed by atoms with Gasteiger partial charge in [0, 0.05) is 24.7 Å². The third-order valence-electron chi connectivity index (χ3n) is 5.00. The average Bonchev–Trinajstić information content (AvgIpc) is 3.39. The summed E-state index contributed by atoms with van der Waals surface area (Å²) in [5.41, 5.74) is 2.19. The van der Waals surface area contributed by atoms with Gasteiger partial charge in [-0.3, -0.25) is 9.36 Å². The van der Waals surface area contributed by atoms with Crippen molar-refractivity contribution in [1.29, 1.82) is 0 Å². The van der Waals surface area contributed by atoms with Crippen LogP contribution in [0, 0.1) is 12.8 Å². The van der Waals surface area contributed by atoms with E-state index in [0.29, 0.717) is 25.5 Å². The van der Waals surface area contributed by atoms with Crippen molar-refractivity contribution in [3.8, 4) is 5.69 Å². The highest BCUT2D eigenvalue weighted by Gasteiger charge is 2.32. The minimum absolute atomic E-state index is 0.126. The molecule has 27 heavy (non-hydrogen) atoms. The Bertz CT molecular complexity index is 774. The van der Waals surface area contributed by atoms with Gasteiger partial charge in [-0.05, 0) is 31.9 Å². The molecular formula is C19H24N4O3S. The fourth-order valence-electron chi connectivity index (χ4n) is 3.53. The molecule has 7 nitrogen and oxygen atoms in total. The highest BCUT2D eigenvalue weighted by atomic mass is 32.2. The second-order valence-corrected chi connectivity index (χ2v) is 7.90. The molecule has 8 heteroatoms. The van der Waals surface area contributed by atoms with Crippen LogP contribution >= 0.6 is 11.8 Å². The summed E-state index contributed by atoms with van der Waals surface area (Å²) in [7, 11) is 0. The monoisotopic (exact) mass is 388 g/mol. The molecule has 0 radical (unpaired) electrons. The van der Waals surface area contributed by atoms with Gasteiger partial charge in [0.15, 0.2) is 11.4 Å². The zero-order valence-corrected chi connectivity index (χ0v) is 16.2.